The molecule has 0 spiro atoms. The number of hydrogen-bond acceptors (Lipinski definition) is 4. The Labute approximate surface area is 211 Å². The molecule has 0 aliphatic carbocycles. The number of rotatable bonds is 8. The van der Waals surface area contributed by atoms with E-state index in [1.54, 1.807) is 44.2 Å². The fourth-order valence-electron chi connectivity index (χ4n) is 5.71. The lowest BCUT2D eigenvalue weighted by Crippen LogP contribution is -2.69. The molecular weight excluding hydrogens is 464 g/mol. The molecule has 3 N–H and O–H groups in total. The third-order valence-corrected chi connectivity index (χ3v) is 7.78. The van der Waals surface area contributed by atoms with Crippen LogP contribution in [0, 0.1) is 29.1 Å². The molecule has 1 aliphatic rings. The number of benzene rings is 2. The number of nitrogens with zero attached hydrogens (tertiary/aromatic N) is 1. The summed E-state index contributed by atoms with van der Waals surface area (Å²) in [6, 6.07) is 15.6. The van der Waals surface area contributed by atoms with Crippen molar-refractivity contribution in [2.24, 2.45) is 10.8 Å². The van der Waals surface area contributed by atoms with Crippen molar-refractivity contribution < 1.29 is 19.8 Å². The lowest BCUT2D eigenvalue weighted by molar-refractivity contribution is -0.172. The molecule has 0 bridgehead atoms. The number of carboxylic acids is 2. The Bertz CT molecular complexity index is 1160. The van der Waals surface area contributed by atoms with Crippen LogP contribution in [-0.2, 0) is 9.59 Å². The Balaban J connectivity index is 2.24. The molecule has 0 aromatic heterocycles. The van der Waals surface area contributed by atoms with Gasteiger partial charge in [0.15, 0.2) is 0 Å². The molecule has 2 aromatic rings. The van der Waals surface area contributed by atoms with Crippen LogP contribution in [0.3, 0.4) is 0 Å². The third-order valence-electron chi connectivity index (χ3n) is 7.55. The summed E-state index contributed by atoms with van der Waals surface area (Å²) in [6.07, 6.45) is 3.76. The number of hydrogen-bond donors (Lipinski definition) is 3. The number of nitrogens with one attached hydrogen (secondary N) is 1. The molecule has 1 heterocycles. The summed E-state index contributed by atoms with van der Waals surface area (Å²) in [7, 11) is 0. The van der Waals surface area contributed by atoms with Crippen molar-refractivity contribution in [2.45, 2.75) is 58.0 Å². The van der Waals surface area contributed by atoms with Gasteiger partial charge in [-0.3, -0.25) is 9.59 Å². The first-order valence-electron chi connectivity index (χ1n) is 11.7. The average Bonchev–Trinajstić information content (AvgIpc) is 2.80. The number of allylic oxidation sites excluding steroid dienone is 1. The van der Waals surface area contributed by atoms with E-state index in [0.717, 1.165) is 11.1 Å². The Hall–Kier alpha value is -3.14. The first-order chi connectivity index (χ1) is 16.6. The van der Waals surface area contributed by atoms with Crippen LogP contribution in [0.25, 0.3) is 6.08 Å². The minimum atomic E-state index is -1.54. The van der Waals surface area contributed by atoms with Gasteiger partial charge in [0.2, 0.25) is 0 Å². The zero-order chi connectivity index (χ0) is 25.8. The van der Waals surface area contributed by atoms with Gasteiger partial charge in [-0.25, -0.2) is 0 Å². The number of carbonyl (C=O) groups is 2. The second-order valence-electron chi connectivity index (χ2n) is 9.46. The van der Waals surface area contributed by atoms with Gasteiger partial charge < -0.3 is 15.5 Å². The number of aryl methyl sites for hydroxylation is 1. The van der Waals surface area contributed by atoms with E-state index >= 15 is 0 Å². The fraction of sp³-hybridized carbons (Fsp3) is 0.393. The number of piperidine rings is 1. The van der Waals surface area contributed by atoms with E-state index in [1.165, 1.54) is 0 Å². The van der Waals surface area contributed by atoms with E-state index in [0.29, 0.717) is 10.6 Å². The van der Waals surface area contributed by atoms with Crippen LogP contribution < -0.4 is 5.32 Å². The molecule has 0 saturated carbocycles. The van der Waals surface area contributed by atoms with Gasteiger partial charge in [0.1, 0.15) is 0 Å². The van der Waals surface area contributed by atoms with Crippen molar-refractivity contribution in [3.05, 3.63) is 76.3 Å². The summed E-state index contributed by atoms with van der Waals surface area (Å²) in [5.74, 6) is -3.16. The topological polar surface area (TPSA) is 110 Å². The smallest absolute Gasteiger partial charge is 0.312 e. The van der Waals surface area contributed by atoms with Gasteiger partial charge >= 0.3 is 11.9 Å². The molecule has 6 nitrogen and oxygen atoms in total. The summed E-state index contributed by atoms with van der Waals surface area (Å²) in [5, 5.41) is 34.4. The summed E-state index contributed by atoms with van der Waals surface area (Å²) >= 11 is 6.31. The van der Waals surface area contributed by atoms with Crippen LogP contribution in [0.2, 0.25) is 5.02 Å². The fourth-order valence-corrected chi connectivity index (χ4v) is 5.91. The Kier molecular flexibility index (Phi) is 8.04. The van der Waals surface area contributed by atoms with Crippen molar-refractivity contribution >= 4 is 29.6 Å². The van der Waals surface area contributed by atoms with Crippen molar-refractivity contribution in [2.75, 3.05) is 0 Å². The molecule has 7 heteroatoms. The largest absolute Gasteiger partial charge is 0.481 e. The number of halogens is 1. The molecule has 35 heavy (non-hydrogen) atoms. The molecule has 2 aromatic carbocycles. The van der Waals surface area contributed by atoms with Gasteiger partial charge in [-0.15, -0.1) is 0 Å². The predicted octanol–water partition coefficient (Wildman–Crippen LogP) is 5.66. The average molecular weight is 495 g/mol. The first-order valence-corrected chi connectivity index (χ1v) is 12.1. The molecule has 184 valence electrons. The zero-order valence-corrected chi connectivity index (χ0v) is 20.9. The molecule has 0 radical (unpaired) electrons. The van der Waals surface area contributed by atoms with Crippen molar-refractivity contribution in [3.8, 4) is 6.07 Å². The first kappa shape index (κ1) is 26.5. The highest BCUT2D eigenvalue weighted by Crippen LogP contribution is 2.59. The minimum Gasteiger partial charge on any atom is -0.481 e. The van der Waals surface area contributed by atoms with E-state index in [2.05, 4.69) is 11.4 Å². The highest BCUT2D eigenvalue weighted by molar-refractivity contribution is 6.30. The summed E-state index contributed by atoms with van der Waals surface area (Å²) < 4.78 is 0. The normalized spacial score (nSPS) is 28.5. The SMILES string of the molecule is Cc1ccc(C=CCC2(C(=O)O)C(C)NC(C)C(CCC#N)(C(=O)O)C2c2cccc(Cl)c2)cc1. The Morgan fingerprint density at radius 2 is 1.71 bits per heavy atom. The van der Waals surface area contributed by atoms with Gasteiger partial charge in [0.25, 0.3) is 0 Å². The molecule has 3 rings (SSSR count). The molecule has 5 unspecified atom stereocenters. The number of carboxylic acid groups (broad SMARTS) is 2. The summed E-state index contributed by atoms with van der Waals surface area (Å²) in [4.78, 5) is 26.2. The van der Waals surface area contributed by atoms with Gasteiger partial charge in [0.05, 0.1) is 16.9 Å². The second-order valence-corrected chi connectivity index (χ2v) is 9.90. The van der Waals surface area contributed by atoms with Gasteiger partial charge in [0, 0.05) is 29.4 Å². The number of aliphatic carboxylic acids is 2. The van der Waals surface area contributed by atoms with Crippen molar-refractivity contribution in [1.29, 1.82) is 5.26 Å². The van der Waals surface area contributed by atoms with Gasteiger partial charge in [-0.1, -0.05) is 65.7 Å². The van der Waals surface area contributed by atoms with Gasteiger partial charge in [-0.2, -0.15) is 5.26 Å². The molecule has 1 saturated heterocycles. The molecule has 0 amide bonds. The van der Waals surface area contributed by atoms with Crippen LogP contribution >= 0.6 is 11.6 Å². The minimum absolute atomic E-state index is 0.00755. The van der Waals surface area contributed by atoms with Crippen LogP contribution in [-0.4, -0.2) is 34.2 Å². The molecule has 1 aliphatic heterocycles. The highest BCUT2D eigenvalue weighted by atomic mass is 35.5. The maximum atomic E-state index is 13.2. The van der Waals surface area contributed by atoms with E-state index in [9.17, 15) is 25.1 Å². The van der Waals surface area contributed by atoms with E-state index in [1.807, 2.05) is 37.3 Å². The Morgan fingerprint density at radius 1 is 1.09 bits per heavy atom. The molecule has 1 fully saturated rings. The zero-order valence-electron chi connectivity index (χ0n) is 20.2. The monoisotopic (exact) mass is 494 g/mol. The molecule has 5 atom stereocenters. The summed E-state index contributed by atoms with van der Waals surface area (Å²) in [5.41, 5.74) is -0.457. The second kappa shape index (κ2) is 10.6. The van der Waals surface area contributed by atoms with Gasteiger partial charge in [-0.05, 0) is 56.9 Å². The maximum absolute atomic E-state index is 13.2. The lowest BCUT2D eigenvalue weighted by atomic mass is 9.49. The lowest BCUT2D eigenvalue weighted by Gasteiger charge is -2.57. The van der Waals surface area contributed by atoms with E-state index in [-0.39, 0.29) is 19.3 Å². The van der Waals surface area contributed by atoms with Crippen molar-refractivity contribution in [3.63, 3.8) is 0 Å². The van der Waals surface area contributed by atoms with Crippen molar-refractivity contribution in [1.82, 2.24) is 5.32 Å². The maximum Gasteiger partial charge on any atom is 0.312 e. The predicted molar refractivity (Wildman–Crippen MR) is 136 cm³/mol. The van der Waals surface area contributed by atoms with E-state index in [4.69, 9.17) is 11.6 Å². The van der Waals surface area contributed by atoms with E-state index < -0.39 is 40.8 Å². The highest BCUT2D eigenvalue weighted by Gasteiger charge is 2.66. The van der Waals surface area contributed by atoms with Crippen LogP contribution in [0.5, 0.6) is 0 Å². The summed E-state index contributed by atoms with van der Waals surface area (Å²) in [6.45, 7) is 5.54. The van der Waals surface area contributed by atoms with Crippen LogP contribution in [0.1, 0.15) is 55.7 Å². The molecular formula is C28H31ClN2O4. The quantitative estimate of drug-likeness (QED) is 0.436. The Morgan fingerprint density at radius 3 is 2.29 bits per heavy atom. The van der Waals surface area contributed by atoms with Crippen LogP contribution in [0.4, 0.5) is 0 Å². The standard InChI is InChI=1S/C28H31ClN2O4/c1-18-10-12-21(13-11-18)7-5-14-27(25(32)33)19(2)31-20(3)28(26(34)35,15-6-16-30)24(27)22-8-4-9-23(29)17-22/h4-5,7-13,17,19-20,24,31H,6,14-15H2,1-3H3,(H,32,33)(H,34,35). The third kappa shape index (κ3) is 4.84. The number of nitriles is 1. The van der Waals surface area contributed by atoms with Crippen LogP contribution in [0.15, 0.2) is 54.6 Å².